The fraction of sp³-hybridized carbons (Fsp3) is 0.286. The maximum atomic E-state index is 12.5. The van der Waals surface area contributed by atoms with E-state index < -0.39 is 23.3 Å². The lowest BCUT2D eigenvalue weighted by Gasteiger charge is -2.16. The minimum atomic E-state index is -2.73. The number of alkyl halides is 2. The molecule has 126 valence electrons. The third-order valence-electron chi connectivity index (χ3n) is 3.47. The van der Waals surface area contributed by atoms with Gasteiger partial charge in [-0.25, -0.2) is 8.78 Å². The van der Waals surface area contributed by atoms with Gasteiger partial charge in [0.15, 0.2) is 5.01 Å². The average Bonchev–Trinajstić information content (AvgIpc) is 3.14. The Morgan fingerprint density at radius 2 is 2.21 bits per heavy atom. The maximum Gasteiger partial charge on any atom is 0.291 e. The Kier molecular flexibility index (Phi) is 4.86. The van der Waals surface area contributed by atoms with Gasteiger partial charge in [-0.2, -0.15) is 0 Å². The minimum absolute atomic E-state index is 0.00338. The zero-order valence-electron chi connectivity index (χ0n) is 12.1. The number of amides is 2. The zero-order chi connectivity index (χ0) is 17.3. The van der Waals surface area contributed by atoms with Crippen LogP contribution in [0.4, 0.5) is 19.6 Å². The predicted molar refractivity (Wildman–Crippen MR) is 88.1 cm³/mol. The van der Waals surface area contributed by atoms with Gasteiger partial charge in [0.1, 0.15) is 0 Å². The molecule has 2 aromatic rings. The number of nitrogens with one attached hydrogen (secondary N) is 1. The van der Waals surface area contributed by atoms with Gasteiger partial charge in [-0.3, -0.25) is 9.59 Å². The van der Waals surface area contributed by atoms with Gasteiger partial charge in [0.05, 0.1) is 5.92 Å². The second kappa shape index (κ2) is 6.89. The monoisotopic (exact) mass is 416 g/mol. The molecule has 1 N–H and O–H groups in total. The SMILES string of the molecule is O=C(Nc1nnc(C(F)F)s1)C1CC(=O)N(c2cccc(Br)c2)C1. The lowest BCUT2D eigenvalue weighted by atomic mass is 10.1. The number of carbonyl (C=O) groups excluding carboxylic acids is 2. The molecular formula is C14H11BrF2N4O2S. The summed E-state index contributed by atoms with van der Waals surface area (Å²) in [5.41, 5.74) is 0.695. The normalized spacial score (nSPS) is 17.6. The van der Waals surface area contributed by atoms with Crippen LogP contribution >= 0.6 is 27.3 Å². The van der Waals surface area contributed by atoms with E-state index in [2.05, 4.69) is 31.4 Å². The molecule has 1 atom stereocenters. The summed E-state index contributed by atoms with van der Waals surface area (Å²) in [4.78, 5) is 25.9. The van der Waals surface area contributed by atoms with Crippen molar-refractivity contribution in [3.8, 4) is 0 Å². The number of nitrogens with zero attached hydrogens (tertiary/aromatic N) is 3. The molecule has 6 nitrogen and oxygen atoms in total. The first kappa shape index (κ1) is 16.9. The van der Waals surface area contributed by atoms with E-state index in [1.54, 1.807) is 18.2 Å². The average molecular weight is 417 g/mol. The molecule has 0 saturated carbocycles. The molecule has 24 heavy (non-hydrogen) atoms. The summed E-state index contributed by atoms with van der Waals surface area (Å²) in [6, 6.07) is 7.21. The summed E-state index contributed by atoms with van der Waals surface area (Å²) < 4.78 is 25.8. The van der Waals surface area contributed by atoms with E-state index in [9.17, 15) is 18.4 Å². The Bertz CT molecular complexity index is 786. The minimum Gasteiger partial charge on any atom is -0.312 e. The van der Waals surface area contributed by atoms with Crippen molar-refractivity contribution in [3.05, 3.63) is 33.7 Å². The van der Waals surface area contributed by atoms with Gasteiger partial charge in [0, 0.05) is 23.1 Å². The van der Waals surface area contributed by atoms with Gasteiger partial charge in [-0.05, 0) is 18.2 Å². The number of anilines is 2. The summed E-state index contributed by atoms with van der Waals surface area (Å²) in [5.74, 6) is -1.17. The standard InChI is InChI=1S/C14H11BrF2N4O2S/c15-8-2-1-3-9(5-8)21-6-7(4-10(21)22)12(23)18-14-20-19-13(24-14)11(16)17/h1-3,5,7,11H,4,6H2,(H,18,20,23). The highest BCUT2D eigenvalue weighted by Gasteiger charge is 2.35. The maximum absolute atomic E-state index is 12.5. The van der Waals surface area contributed by atoms with E-state index in [1.165, 1.54) is 4.90 Å². The van der Waals surface area contributed by atoms with Crippen LogP contribution in [0.1, 0.15) is 17.9 Å². The van der Waals surface area contributed by atoms with E-state index in [0.717, 1.165) is 4.47 Å². The fourth-order valence-electron chi connectivity index (χ4n) is 2.36. The topological polar surface area (TPSA) is 75.2 Å². The van der Waals surface area contributed by atoms with Crippen LogP contribution in [0.3, 0.4) is 0 Å². The number of hydrogen-bond acceptors (Lipinski definition) is 5. The van der Waals surface area contributed by atoms with Crippen molar-refractivity contribution in [3.63, 3.8) is 0 Å². The second-order valence-electron chi connectivity index (χ2n) is 5.12. The Balaban J connectivity index is 1.67. The van der Waals surface area contributed by atoms with Crippen molar-refractivity contribution >= 4 is 49.9 Å². The summed E-state index contributed by atoms with van der Waals surface area (Å²) in [5, 5.41) is 8.81. The third-order valence-corrected chi connectivity index (χ3v) is 4.81. The molecule has 1 aromatic heterocycles. The van der Waals surface area contributed by atoms with Gasteiger partial charge in [-0.1, -0.05) is 33.3 Å². The first-order chi connectivity index (χ1) is 11.4. The molecule has 1 saturated heterocycles. The number of carbonyl (C=O) groups is 2. The smallest absolute Gasteiger partial charge is 0.291 e. The predicted octanol–water partition coefficient (Wildman–Crippen LogP) is 3.23. The van der Waals surface area contributed by atoms with Crippen LogP contribution in [0.2, 0.25) is 0 Å². The molecule has 0 radical (unpaired) electrons. The molecule has 1 fully saturated rings. The third kappa shape index (κ3) is 3.59. The lowest BCUT2D eigenvalue weighted by molar-refractivity contribution is -0.122. The van der Waals surface area contributed by atoms with Crippen molar-refractivity contribution in [2.45, 2.75) is 12.8 Å². The van der Waals surface area contributed by atoms with Crippen LogP contribution in [0, 0.1) is 5.92 Å². The summed E-state index contributed by atoms with van der Waals surface area (Å²) in [6.45, 7) is 0.224. The molecule has 2 heterocycles. The molecule has 1 aliphatic heterocycles. The van der Waals surface area contributed by atoms with Crippen LogP contribution in [0.25, 0.3) is 0 Å². The van der Waals surface area contributed by atoms with Crippen molar-refractivity contribution in [2.24, 2.45) is 5.92 Å². The Morgan fingerprint density at radius 3 is 2.88 bits per heavy atom. The summed E-state index contributed by atoms with van der Waals surface area (Å²) in [7, 11) is 0. The highest BCUT2D eigenvalue weighted by atomic mass is 79.9. The van der Waals surface area contributed by atoms with Crippen LogP contribution in [0.15, 0.2) is 28.7 Å². The Morgan fingerprint density at radius 1 is 1.42 bits per heavy atom. The quantitative estimate of drug-likeness (QED) is 0.829. The van der Waals surface area contributed by atoms with E-state index in [0.29, 0.717) is 17.0 Å². The molecule has 0 spiro atoms. The van der Waals surface area contributed by atoms with Crippen LogP contribution in [0.5, 0.6) is 0 Å². The van der Waals surface area contributed by atoms with Crippen molar-refractivity contribution < 1.29 is 18.4 Å². The van der Waals surface area contributed by atoms with E-state index in [1.807, 2.05) is 6.07 Å². The van der Waals surface area contributed by atoms with Crippen molar-refractivity contribution in [2.75, 3.05) is 16.8 Å². The fourth-order valence-corrected chi connectivity index (χ4v) is 3.35. The number of rotatable bonds is 4. The molecule has 1 aromatic carbocycles. The van der Waals surface area contributed by atoms with Gasteiger partial charge in [-0.15, -0.1) is 10.2 Å². The van der Waals surface area contributed by atoms with Crippen LogP contribution in [-0.4, -0.2) is 28.6 Å². The number of benzene rings is 1. The molecular weight excluding hydrogens is 406 g/mol. The Hall–Kier alpha value is -1.94. The molecule has 10 heteroatoms. The lowest BCUT2D eigenvalue weighted by Crippen LogP contribution is -2.28. The van der Waals surface area contributed by atoms with Crippen LogP contribution < -0.4 is 10.2 Å². The summed E-state index contributed by atoms with van der Waals surface area (Å²) >= 11 is 3.96. The molecule has 2 amide bonds. The van der Waals surface area contributed by atoms with E-state index in [-0.39, 0.29) is 24.0 Å². The van der Waals surface area contributed by atoms with Crippen molar-refractivity contribution in [1.29, 1.82) is 0 Å². The molecule has 0 bridgehead atoms. The molecule has 0 aliphatic carbocycles. The number of aromatic nitrogens is 2. The highest BCUT2D eigenvalue weighted by Crippen LogP contribution is 2.29. The van der Waals surface area contributed by atoms with Crippen LogP contribution in [-0.2, 0) is 9.59 Å². The molecule has 1 unspecified atom stereocenters. The zero-order valence-corrected chi connectivity index (χ0v) is 14.5. The number of hydrogen-bond donors (Lipinski definition) is 1. The van der Waals surface area contributed by atoms with E-state index >= 15 is 0 Å². The van der Waals surface area contributed by atoms with E-state index in [4.69, 9.17) is 0 Å². The number of halogens is 3. The largest absolute Gasteiger partial charge is 0.312 e. The van der Waals surface area contributed by atoms with Gasteiger partial charge >= 0.3 is 0 Å². The van der Waals surface area contributed by atoms with Gasteiger partial charge in [0.2, 0.25) is 16.9 Å². The van der Waals surface area contributed by atoms with Gasteiger partial charge < -0.3 is 10.2 Å². The second-order valence-corrected chi connectivity index (χ2v) is 7.05. The Labute approximate surface area is 148 Å². The molecule has 3 rings (SSSR count). The first-order valence-electron chi connectivity index (χ1n) is 6.92. The first-order valence-corrected chi connectivity index (χ1v) is 8.53. The molecule has 1 aliphatic rings. The van der Waals surface area contributed by atoms with Gasteiger partial charge in [0.25, 0.3) is 6.43 Å². The summed E-state index contributed by atoms with van der Waals surface area (Å²) in [6.07, 6.45) is -2.67. The van der Waals surface area contributed by atoms with Crippen molar-refractivity contribution in [1.82, 2.24) is 10.2 Å². The highest BCUT2D eigenvalue weighted by molar-refractivity contribution is 9.10.